The van der Waals surface area contributed by atoms with Crippen LogP contribution in [0.1, 0.15) is 17.9 Å². The van der Waals surface area contributed by atoms with Gasteiger partial charge in [-0.2, -0.15) is 0 Å². The van der Waals surface area contributed by atoms with E-state index in [0.29, 0.717) is 11.3 Å². The minimum Gasteiger partial charge on any atom is -0.304 e. The molecule has 1 aliphatic rings. The highest BCUT2D eigenvalue weighted by molar-refractivity contribution is 8.02. The van der Waals surface area contributed by atoms with E-state index in [1.165, 1.54) is 10.5 Å². The van der Waals surface area contributed by atoms with E-state index in [1.807, 2.05) is 12.1 Å². The fourth-order valence-electron chi connectivity index (χ4n) is 3.06. The van der Waals surface area contributed by atoms with Crippen LogP contribution in [0, 0.1) is 0 Å². The van der Waals surface area contributed by atoms with Crippen molar-refractivity contribution in [1.82, 2.24) is 0 Å². The molecule has 0 N–H and O–H groups in total. The maximum Gasteiger partial charge on any atom is 0.127 e. The van der Waals surface area contributed by atoms with Gasteiger partial charge in [0.1, 0.15) is 13.5 Å². The van der Waals surface area contributed by atoms with Gasteiger partial charge in [0.2, 0.25) is 0 Å². The molecule has 0 spiro atoms. The molecule has 0 aromatic heterocycles. The van der Waals surface area contributed by atoms with E-state index >= 15 is 0 Å². The van der Waals surface area contributed by atoms with Crippen molar-refractivity contribution in [3.8, 4) is 0 Å². The Hall–Kier alpha value is -1.32. The van der Waals surface area contributed by atoms with Gasteiger partial charge in [-0.25, -0.2) is 0 Å². The Morgan fingerprint density at radius 3 is 2.09 bits per heavy atom. The summed E-state index contributed by atoms with van der Waals surface area (Å²) in [6, 6.07) is 20.9. The lowest BCUT2D eigenvalue weighted by Gasteiger charge is -2.24. The molecular formula is C19H22OSSi. The number of hydrogen-bond donors (Lipinski definition) is 0. The number of hydrogen-bond acceptors (Lipinski definition) is 2. The fourth-order valence-corrected chi connectivity index (χ4v) is 7.01. The average Bonchev–Trinajstić information content (AvgIpc) is 3.23. The second-order valence-corrected chi connectivity index (χ2v) is 13.4. The van der Waals surface area contributed by atoms with Crippen LogP contribution in [0.15, 0.2) is 65.6 Å². The van der Waals surface area contributed by atoms with Crippen molar-refractivity contribution in [3.05, 3.63) is 66.2 Å². The first-order chi connectivity index (χ1) is 10.4. The van der Waals surface area contributed by atoms with E-state index in [-0.39, 0.29) is 4.75 Å². The first kappa shape index (κ1) is 15.6. The zero-order chi connectivity index (χ0) is 15.8. The van der Waals surface area contributed by atoms with Crippen LogP contribution >= 0.6 is 11.8 Å². The summed E-state index contributed by atoms with van der Waals surface area (Å²) in [7, 11) is -1.82. The highest BCUT2D eigenvalue weighted by atomic mass is 32.2. The van der Waals surface area contributed by atoms with Crippen LogP contribution in [-0.4, -0.2) is 18.2 Å². The molecule has 0 saturated heterocycles. The van der Waals surface area contributed by atoms with Crippen molar-refractivity contribution < 1.29 is 4.79 Å². The van der Waals surface area contributed by atoms with Gasteiger partial charge < -0.3 is 4.79 Å². The first-order valence-electron chi connectivity index (χ1n) is 7.77. The molecule has 3 heteroatoms. The average molecular weight is 327 g/mol. The SMILES string of the molecule is C[Si](C)(C)C(=O)C1(Sc2ccccc2)CC1c1ccccc1. The van der Waals surface area contributed by atoms with Crippen LogP contribution in [0.25, 0.3) is 0 Å². The van der Waals surface area contributed by atoms with E-state index in [2.05, 4.69) is 68.2 Å². The van der Waals surface area contributed by atoms with E-state index < -0.39 is 8.07 Å². The van der Waals surface area contributed by atoms with Crippen LogP contribution in [-0.2, 0) is 4.79 Å². The Labute approximate surface area is 138 Å². The lowest BCUT2D eigenvalue weighted by Crippen LogP contribution is -2.42. The molecule has 0 radical (unpaired) electrons. The summed E-state index contributed by atoms with van der Waals surface area (Å²) < 4.78 is -0.243. The largest absolute Gasteiger partial charge is 0.304 e. The van der Waals surface area contributed by atoms with Gasteiger partial charge in [-0.3, -0.25) is 0 Å². The second-order valence-electron chi connectivity index (χ2n) is 7.05. The van der Waals surface area contributed by atoms with Crippen LogP contribution in [0.3, 0.4) is 0 Å². The van der Waals surface area contributed by atoms with Crippen LogP contribution in [0.2, 0.25) is 19.6 Å². The first-order valence-corrected chi connectivity index (χ1v) is 12.1. The summed E-state index contributed by atoms with van der Waals surface area (Å²) >= 11 is 1.78. The zero-order valence-electron chi connectivity index (χ0n) is 13.4. The number of benzene rings is 2. The molecule has 1 fully saturated rings. The molecule has 1 nitrogen and oxygen atoms in total. The van der Waals surface area contributed by atoms with Crippen molar-refractivity contribution >= 4 is 25.2 Å². The molecule has 1 saturated carbocycles. The van der Waals surface area contributed by atoms with E-state index in [4.69, 9.17) is 0 Å². The molecule has 0 heterocycles. The molecular weight excluding hydrogens is 304 g/mol. The highest BCUT2D eigenvalue weighted by Crippen LogP contribution is 2.63. The predicted octanol–water partition coefficient (Wildman–Crippen LogP) is 5.15. The number of carbonyl (C=O) groups excluding carboxylic acids is 1. The summed E-state index contributed by atoms with van der Waals surface area (Å²) in [4.78, 5) is 14.4. The molecule has 0 aliphatic heterocycles. The molecule has 2 aromatic carbocycles. The topological polar surface area (TPSA) is 17.1 Å². The van der Waals surface area contributed by atoms with Gasteiger partial charge in [0.05, 0.1) is 4.75 Å². The standard InChI is InChI=1S/C19H22OSSi/c1-22(2,3)18(20)19(21-16-12-8-5-9-13-16)14-17(19)15-10-6-4-7-11-15/h4-13,17H,14H2,1-3H3. The molecule has 114 valence electrons. The molecule has 0 amide bonds. The molecule has 0 bridgehead atoms. The molecule has 2 atom stereocenters. The van der Waals surface area contributed by atoms with E-state index in [0.717, 1.165) is 6.42 Å². The smallest absolute Gasteiger partial charge is 0.127 e. The Bertz CT molecular complexity index is 663. The molecule has 3 rings (SSSR count). The van der Waals surface area contributed by atoms with Crippen LogP contribution in [0.5, 0.6) is 0 Å². The van der Waals surface area contributed by atoms with Gasteiger partial charge in [0.15, 0.2) is 0 Å². The Morgan fingerprint density at radius 1 is 1.00 bits per heavy atom. The fraction of sp³-hybridized carbons (Fsp3) is 0.316. The number of rotatable bonds is 5. The van der Waals surface area contributed by atoms with Crippen molar-refractivity contribution in [2.75, 3.05) is 0 Å². The summed E-state index contributed by atoms with van der Waals surface area (Å²) in [5, 5.41) is 0.503. The zero-order valence-corrected chi connectivity index (χ0v) is 15.2. The van der Waals surface area contributed by atoms with Crippen molar-refractivity contribution in [2.45, 2.75) is 41.6 Å². The Balaban J connectivity index is 1.94. The lowest BCUT2D eigenvalue weighted by molar-refractivity contribution is -0.112. The minimum absolute atomic E-state index is 0.243. The lowest BCUT2D eigenvalue weighted by atomic mass is 10.1. The molecule has 1 aliphatic carbocycles. The van der Waals surface area contributed by atoms with E-state index in [9.17, 15) is 4.79 Å². The quantitative estimate of drug-likeness (QED) is 0.707. The summed E-state index contributed by atoms with van der Waals surface area (Å²) in [5.74, 6) is 0.359. The van der Waals surface area contributed by atoms with Crippen molar-refractivity contribution in [3.63, 3.8) is 0 Å². The maximum atomic E-state index is 13.2. The van der Waals surface area contributed by atoms with E-state index in [1.54, 1.807) is 11.8 Å². The Kier molecular flexibility index (Phi) is 4.04. The third kappa shape index (κ3) is 2.92. The van der Waals surface area contributed by atoms with Gasteiger partial charge in [-0.1, -0.05) is 68.2 Å². The Morgan fingerprint density at radius 2 is 1.55 bits per heavy atom. The van der Waals surface area contributed by atoms with Gasteiger partial charge in [-0.15, -0.1) is 11.8 Å². The minimum atomic E-state index is -1.82. The van der Waals surface area contributed by atoms with Crippen molar-refractivity contribution in [1.29, 1.82) is 0 Å². The molecule has 2 aromatic rings. The summed E-state index contributed by atoms with van der Waals surface area (Å²) in [5.41, 5.74) is 1.30. The van der Waals surface area contributed by atoms with Crippen molar-refractivity contribution in [2.24, 2.45) is 0 Å². The number of thioether (sulfide) groups is 1. The summed E-state index contributed by atoms with van der Waals surface area (Å²) in [6.07, 6.45) is 0.972. The highest BCUT2D eigenvalue weighted by Gasteiger charge is 2.63. The van der Waals surface area contributed by atoms with Gasteiger partial charge in [0.25, 0.3) is 0 Å². The maximum absolute atomic E-state index is 13.2. The van der Waals surface area contributed by atoms with Gasteiger partial charge in [0, 0.05) is 10.8 Å². The van der Waals surface area contributed by atoms with Gasteiger partial charge >= 0.3 is 0 Å². The monoisotopic (exact) mass is 326 g/mol. The third-order valence-electron chi connectivity index (χ3n) is 4.22. The number of carbonyl (C=O) groups is 1. The van der Waals surface area contributed by atoms with Crippen LogP contribution < -0.4 is 0 Å². The predicted molar refractivity (Wildman–Crippen MR) is 97.2 cm³/mol. The third-order valence-corrected chi connectivity index (χ3v) is 7.72. The normalized spacial score (nSPS) is 24.0. The van der Waals surface area contributed by atoms with Crippen LogP contribution in [0.4, 0.5) is 0 Å². The summed E-state index contributed by atoms with van der Waals surface area (Å²) in [6.45, 7) is 6.51. The second kappa shape index (κ2) is 5.71. The van der Waals surface area contributed by atoms with Gasteiger partial charge in [-0.05, 0) is 24.1 Å². The molecule has 22 heavy (non-hydrogen) atoms. The molecule has 2 unspecified atom stereocenters.